The molecule has 1 aromatic heterocycles. The van der Waals surface area contributed by atoms with Crippen LogP contribution in [0.2, 0.25) is 0 Å². The summed E-state index contributed by atoms with van der Waals surface area (Å²) in [7, 11) is 2.97. The van der Waals surface area contributed by atoms with Crippen molar-refractivity contribution in [1.29, 1.82) is 0 Å². The lowest BCUT2D eigenvalue weighted by Gasteiger charge is -2.64. The van der Waals surface area contributed by atoms with Gasteiger partial charge >= 0.3 is 5.97 Å². The standard InChI is InChI=1S/C66H89N5O12S2/c1-35-7-8-37-11-14-46-42(30-72)26-65(81)19-18-63(46,48(37)23-35)25-38(44-32-83-59(79)52(44)40-16-21-69-29-40)5-4-6-39-27-66(82)54-47(15-17-64(66,20-22-70-60(67)68)58(39)62(65,3)80)61(2)28-51(76)56(77)45-34-85-84-33-41(36-9-12-43(74)13-10-36)24-50(75)49(31-73)71-55(54)57(78)53(45)61/h9-13,16,21,29,35,38-39,41-42,44-49,51-53,56,58,69,71-74,76-77,80-82H,6-8,14-15,17-20,22-28,30-34H2,1-3H3,(H4,67,68,70)/t35-,38+,39-,41-,42+,44-,45-,46+,47+,48+,49+,51+,52-,53+,56-,58-,61-,62-,63+,64+,65-,66-/m1/s1. The number of nitrogens with zero attached hydrogens (tertiary/aromatic N) is 1. The summed E-state index contributed by atoms with van der Waals surface area (Å²) in [6.07, 6.45) is 9.17. The summed E-state index contributed by atoms with van der Waals surface area (Å²) in [4.78, 5) is 53.0. The number of H-pyrrole nitrogens is 1. The Kier molecular flexibility index (Phi) is 16.4. The molecule has 4 bridgehead atoms. The number of phenolic OH excluding ortho intramolecular Hbond substituents is 1. The Balaban J connectivity index is 1.06. The smallest absolute Gasteiger partial charge is 0.313 e. The number of carbonyl (C=O) groups excluding carboxylic acids is 3. The van der Waals surface area contributed by atoms with Crippen LogP contribution >= 0.6 is 21.6 Å². The number of carbonyl (C=O) groups is 3. The van der Waals surface area contributed by atoms with Gasteiger partial charge in [-0.15, -0.1) is 5.92 Å². The number of aromatic nitrogens is 1. The zero-order valence-electron chi connectivity index (χ0n) is 49.3. The summed E-state index contributed by atoms with van der Waals surface area (Å²) < 4.78 is 6.01. The molecule has 22 atom stereocenters. The largest absolute Gasteiger partial charge is 0.508 e. The monoisotopic (exact) mass is 1210 g/mol. The van der Waals surface area contributed by atoms with E-state index in [-0.39, 0.29) is 136 Å². The second-order valence-corrected chi connectivity index (χ2v) is 31.0. The maximum Gasteiger partial charge on any atom is 0.313 e. The third kappa shape index (κ3) is 9.86. The SMILES string of the molecule is C[C@@H]1CCC2=CC[C@H]3[C@H](CO)C[C@]4(O)CC[C@@]3(C[C@@H]([C@H]3COC(=O)[C@@H]3c3cc[nH]c3)C#CC[C@@H]3C[C@@]5(O)C6=C7N[C@@H](CO)C(=O)C[C@@H](c8ccc(O)cc8)CSSC[C@H]8[C@@H](O)[C@@H](O)C[C@@](C)([C@@H]8C7=O)[C@H]6CC[C@]5(CCN=C(N)N)[C@H]3[C@@]4(C)O)[C@H]2C1. The van der Waals surface area contributed by atoms with Crippen molar-refractivity contribution in [3.05, 3.63) is 76.8 Å². The van der Waals surface area contributed by atoms with Crippen molar-refractivity contribution in [2.75, 3.05) is 37.9 Å². The van der Waals surface area contributed by atoms with Gasteiger partial charge in [0.15, 0.2) is 17.5 Å². The number of allylic oxidation sites excluding steroid dienone is 3. The molecule has 2 aromatic rings. The van der Waals surface area contributed by atoms with Crippen LogP contribution in [-0.2, 0) is 19.1 Å². The molecule has 2 aliphatic heterocycles. The number of fused-ring (bicyclic) bond motifs is 10. The summed E-state index contributed by atoms with van der Waals surface area (Å²) in [6.45, 7) is 5.21. The number of phenols is 1. The number of aliphatic hydroxyl groups excluding tert-OH is 4. The molecule has 7 fully saturated rings. The highest BCUT2D eigenvalue weighted by Gasteiger charge is 2.76. The second kappa shape index (κ2) is 22.9. The van der Waals surface area contributed by atoms with Crippen LogP contribution in [0.5, 0.6) is 5.75 Å². The van der Waals surface area contributed by atoms with Crippen molar-refractivity contribution in [3.8, 4) is 17.6 Å². The number of ketones is 2. The number of aliphatic imine (C=N–C) groups is 1. The number of aliphatic hydroxyl groups is 7. The average molecular weight is 1210 g/mol. The van der Waals surface area contributed by atoms with E-state index in [0.717, 1.165) is 30.4 Å². The lowest BCUT2D eigenvalue weighted by Crippen LogP contribution is -2.68. The molecule has 8 aliphatic carbocycles. The van der Waals surface area contributed by atoms with Crippen molar-refractivity contribution in [1.82, 2.24) is 10.3 Å². The van der Waals surface area contributed by atoms with Crippen LogP contribution in [0.3, 0.4) is 0 Å². The van der Waals surface area contributed by atoms with Crippen molar-refractivity contribution < 1.29 is 60.0 Å². The van der Waals surface area contributed by atoms with Gasteiger partial charge in [-0.2, -0.15) is 0 Å². The van der Waals surface area contributed by atoms with Crippen LogP contribution in [0.1, 0.15) is 140 Å². The zero-order chi connectivity index (χ0) is 60.2. The Morgan fingerprint density at radius 2 is 1.68 bits per heavy atom. The number of esters is 1. The minimum Gasteiger partial charge on any atom is -0.508 e. The number of nitrogens with two attached hydrogens (primary N) is 2. The number of guanidine groups is 1. The zero-order valence-corrected chi connectivity index (χ0v) is 51.0. The Morgan fingerprint density at radius 3 is 2.41 bits per heavy atom. The minimum atomic E-state index is -2.02. The molecular formula is C66H89N5O12S2. The highest BCUT2D eigenvalue weighted by atomic mass is 33.1. The molecule has 1 aromatic carbocycles. The maximum absolute atomic E-state index is 16.3. The second-order valence-electron chi connectivity index (χ2n) is 28.4. The number of hydrogen-bond acceptors (Lipinski definition) is 16. The number of hydrogen-bond donors (Lipinski definition) is 12. The van der Waals surface area contributed by atoms with E-state index in [1.165, 1.54) is 27.2 Å². The molecule has 2 saturated heterocycles. The molecular weight excluding hydrogens is 1120 g/mol. The fourth-order valence-corrected chi connectivity index (χ4v) is 23.3. The number of rotatable bonds is 8. The van der Waals surface area contributed by atoms with Crippen molar-refractivity contribution >= 4 is 45.1 Å². The highest BCUT2D eigenvalue weighted by molar-refractivity contribution is 8.76. The molecule has 3 heterocycles. The number of benzene rings is 1. The van der Waals surface area contributed by atoms with E-state index in [9.17, 15) is 50.4 Å². The summed E-state index contributed by atoms with van der Waals surface area (Å²) in [5.74, 6) is 1.30. The normalized spacial score (nSPS) is 45.3. The summed E-state index contributed by atoms with van der Waals surface area (Å²) in [5.41, 5.74) is 6.67. The van der Waals surface area contributed by atoms with Gasteiger partial charge in [-0.25, -0.2) is 0 Å². The molecule has 0 unspecified atom stereocenters. The molecule has 462 valence electrons. The summed E-state index contributed by atoms with van der Waals surface area (Å²) in [6, 6.07) is 7.26. The number of aromatic hydroxyl groups is 1. The highest BCUT2D eigenvalue weighted by Crippen LogP contribution is 2.74. The van der Waals surface area contributed by atoms with Gasteiger partial charge in [0.2, 0.25) is 0 Å². The lowest BCUT2D eigenvalue weighted by molar-refractivity contribution is -0.229. The number of Topliss-reactive ketones (excluding diaryl/α,β-unsaturated/α-hetero) is 2. The Labute approximate surface area is 506 Å². The maximum atomic E-state index is 16.3. The molecule has 17 nitrogen and oxygen atoms in total. The fourth-order valence-electron chi connectivity index (χ4n) is 20.5. The van der Waals surface area contributed by atoms with E-state index < -0.39 is 105 Å². The van der Waals surface area contributed by atoms with Crippen LogP contribution < -0.4 is 16.8 Å². The van der Waals surface area contributed by atoms with E-state index in [0.29, 0.717) is 42.9 Å². The molecule has 1 spiro atoms. The Hall–Kier alpha value is -4.36. The third-order valence-electron chi connectivity index (χ3n) is 24.4. The molecule has 19 heteroatoms. The first-order valence-corrected chi connectivity index (χ1v) is 33.9. The molecule has 12 rings (SSSR count). The van der Waals surface area contributed by atoms with Crippen LogP contribution in [0, 0.1) is 93.2 Å². The molecule has 0 radical (unpaired) electrons. The lowest BCUT2D eigenvalue weighted by atomic mass is 9.42. The molecule has 0 amide bonds. The van der Waals surface area contributed by atoms with Gasteiger partial charge in [-0.1, -0.05) is 65.1 Å². The first-order valence-electron chi connectivity index (χ1n) is 31.4. The number of aromatic amines is 1. The molecule has 14 N–H and O–H groups in total. The van der Waals surface area contributed by atoms with Gasteiger partial charge in [-0.05, 0) is 172 Å². The van der Waals surface area contributed by atoms with Gasteiger partial charge in [0.05, 0.1) is 53.8 Å². The summed E-state index contributed by atoms with van der Waals surface area (Å²) >= 11 is 0. The van der Waals surface area contributed by atoms with Crippen LogP contribution in [0.15, 0.2) is 70.6 Å². The minimum absolute atomic E-state index is 0.00203. The number of ether oxygens (including phenoxy) is 1. The molecule has 5 saturated carbocycles. The predicted octanol–water partition coefficient (Wildman–Crippen LogP) is 5.75. The molecule has 10 aliphatic rings. The van der Waals surface area contributed by atoms with E-state index >= 15 is 4.79 Å². The van der Waals surface area contributed by atoms with Gasteiger partial charge in [0.1, 0.15) is 11.8 Å². The van der Waals surface area contributed by atoms with Gasteiger partial charge < -0.3 is 67.4 Å². The quantitative estimate of drug-likeness (QED) is 0.0374. The predicted molar refractivity (Wildman–Crippen MR) is 324 cm³/mol. The van der Waals surface area contributed by atoms with Gasteiger partial charge in [0.25, 0.3) is 0 Å². The van der Waals surface area contributed by atoms with E-state index in [4.69, 9.17) is 16.2 Å². The Bertz CT molecular complexity index is 3050. The van der Waals surface area contributed by atoms with Gasteiger partial charge in [-0.3, -0.25) is 19.4 Å². The fraction of sp³-hybridized carbons (Fsp3) is 0.697. The van der Waals surface area contributed by atoms with Crippen LogP contribution in [-0.4, -0.2) is 142 Å². The van der Waals surface area contributed by atoms with Crippen molar-refractivity contribution in [2.24, 2.45) is 97.8 Å². The average Bonchev–Trinajstić information content (AvgIpc) is 1.62. The number of nitrogens with one attached hydrogen (secondary N) is 2. The van der Waals surface area contributed by atoms with Crippen molar-refractivity contribution in [3.63, 3.8) is 0 Å². The first-order chi connectivity index (χ1) is 40.5. The van der Waals surface area contributed by atoms with Crippen molar-refractivity contribution in [2.45, 2.75) is 164 Å². The van der Waals surface area contributed by atoms with Gasteiger partial charge in [0, 0.05) is 90.8 Å². The van der Waals surface area contributed by atoms with E-state index in [2.05, 4.69) is 40.1 Å². The van der Waals surface area contributed by atoms with E-state index in [1.54, 1.807) is 31.2 Å². The van der Waals surface area contributed by atoms with Crippen LogP contribution in [0.25, 0.3) is 0 Å². The van der Waals surface area contributed by atoms with Crippen LogP contribution in [0.4, 0.5) is 0 Å². The molecule has 85 heavy (non-hydrogen) atoms. The first kappa shape index (κ1) is 60.9. The Morgan fingerprint density at radius 1 is 0.906 bits per heavy atom. The third-order valence-corrected chi connectivity index (χ3v) is 26.9. The van der Waals surface area contributed by atoms with E-state index in [1.807, 2.05) is 25.4 Å². The topological polar surface area (TPSA) is 314 Å². The number of cyclic esters (lactones) is 1. The summed E-state index contributed by atoms with van der Waals surface area (Å²) in [5, 5.41) is 105.